The highest BCUT2D eigenvalue weighted by atomic mass is 16.5. The molecule has 1 fully saturated rings. The van der Waals surface area contributed by atoms with E-state index in [2.05, 4.69) is 49.9 Å². The number of aromatic amines is 1. The zero-order chi connectivity index (χ0) is 23.2. The van der Waals surface area contributed by atoms with Gasteiger partial charge in [0.05, 0.1) is 11.1 Å². The van der Waals surface area contributed by atoms with Gasteiger partial charge in [0.2, 0.25) is 0 Å². The molecule has 2 aromatic carbocycles. The summed E-state index contributed by atoms with van der Waals surface area (Å²) in [4.78, 5) is 24.7. The minimum Gasteiger partial charge on any atom is -0.486 e. The molecule has 3 N–H and O–H groups in total. The predicted molar refractivity (Wildman–Crippen MR) is 133 cm³/mol. The van der Waals surface area contributed by atoms with Gasteiger partial charge in [-0.3, -0.25) is 9.78 Å². The molecule has 0 aliphatic carbocycles. The molecule has 1 saturated heterocycles. The van der Waals surface area contributed by atoms with E-state index in [9.17, 15) is 4.79 Å². The van der Waals surface area contributed by atoms with E-state index in [4.69, 9.17) is 4.74 Å². The van der Waals surface area contributed by atoms with Crippen molar-refractivity contribution in [2.45, 2.75) is 26.0 Å². The maximum Gasteiger partial charge on any atom is 0.258 e. The minimum absolute atomic E-state index is 0.176. The molecule has 1 aliphatic heterocycles. The second kappa shape index (κ2) is 10.6. The Morgan fingerprint density at radius 2 is 1.85 bits per heavy atom. The summed E-state index contributed by atoms with van der Waals surface area (Å²) in [6, 6.07) is 20.1. The molecule has 0 amide bonds. The Balaban J connectivity index is 1.24. The van der Waals surface area contributed by atoms with Crippen LogP contribution in [-0.2, 0) is 19.6 Å². The van der Waals surface area contributed by atoms with E-state index in [0.29, 0.717) is 29.2 Å². The summed E-state index contributed by atoms with van der Waals surface area (Å²) in [6.07, 6.45) is 3.73. The molecule has 7 heteroatoms. The molecule has 1 atom stereocenters. The van der Waals surface area contributed by atoms with Crippen molar-refractivity contribution < 1.29 is 4.74 Å². The number of rotatable bonds is 9. The van der Waals surface area contributed by atoms with Gasteiger partial charge in [0, 0.05) is 12.7 Å². The van der Waals surface area contributed by atoms with E-state index < -0.39 is 0 Å². The first kappa shape index (κ1) is 22.3. The van der Waals surface area contributed by atoms with Crippen molar-refractivity contribution in [3.05, 3.63) is 99.9 Å². The van der Waals surface area contributed by atoms with E-state index in [-0.39, 0.29) is 12.2 Å². The van der Waals surface area contributed by atoms with Crippen LogP contribution in [0.2, 0.25) is 0 Å². The quantitative estimate of drug-likeness (QED) is 0.359. The van der Waals surface area contributed by atoms with Gasteiger partial charge in [-0.05, 0) is 67.7 Å². The maximum absolute atomic E-state index is 12.7. The van der Waals surface area contributed by atoms with Crippen LogP contribution < -0.4 is 20.9 Å². The molecule has 34 heavy (non-hydrogen) atoms. The summed E-state index contributed by atoms with van der Waals surface area (Å²) in [7, 11) is 0. The summed E-state index contributed by atoms with van der Waals surface area (Å²) in [5.41, 5.74) is 3.71. The second-order valence-corrected chi connectivity index (χ2v) is 8.75. The Hall–Kier alpha value is -3.55. The molecule has 3 heterocycles. The van der Waals surface area contributed by atoms with Crippen molar-refractivity contribution in [2.75, 3.05) is 19.6 Å². The van der Waals surface area contributed by atoms with Crippen LogP contribution in [0, 0.1) is 5.92 Å². The molecule has 174 valence electrons. The molecular formula is C27H29N5O2. The van der Waals surface area contributed by atoms with Gasteiger partial charge in [-0.25, -0.2) is 4.98 Å². The van der Waals surface area contributed by atoms with Gasteiger partial charge in [-0.2, -0.15) is 0 Å². The van der Waals surface area contributed by atoms with Gasteiger partial charge in [0.25, 0.3) is 5.56 Å². The molecule has 1 aliphatic rings. The largest absolute Gasteiger partial charge is 0.486 e. The smallest absolute Gasteiger partial charge is 0.258 e. The number of nitrogens with zero attached hydrogens (tertiary/aromatic N) is 2. The Bertz CT molecular complexity index is 1280. The van der Waals surface area contributed by atoms with Crippen LogP contribution in [0.25, 0.3) is 10.9 Å². The number of nitrogens with one attached hydrogen (secondary N) is 3. The maximum atomic E-state index is 12.7. The number of hydrogen-bond acceptors (Lipinski definition) is 6. The zero-order valence-corrected chi connectivity index (χ0v) is 19.1. The van der Waals surface area contributed by atoms with Crippen molar-refractivity contribution in [3.8, 4) is 5.75 Å². The van der Waals surface area contributed by atoms with Gasteiger partial charge < -0.3 is 20.4 Å². The van der Waals surface area contributed by atoms with Crippen molar-refractivity contribution in [1.29, 1.82) is 0 Å². The molecule has 5 rings (SSSR count). The molecular weight excluding hydrogens is 426 g/mol. The summed E-state index contributed by atoms with van der Waals surface area (Å²) < 4.78 is 5.91. The van der Waals surface area contributed by atoms with Crippen LogP contribution in [0.3, 0.4) is 0 Å². The van der Waals surface area contributed by atoms with Crippen LogP contribution in [0.1, 0.15) is 29.1 Å². The predicted octanol–water partition coefficient (Wildman–Crippen LogP) is 3.19. The van der Waals surface area contributed by atoms with Crippen molar-refractivity contribution in [1.82, 2.24) is 25.6 Å². The number of hydrogen-bond donors (Lipinski definition) is 3. The number of H-pyrrole nitrogens is 1. The van der Waals surface area contributed by atoms with Gasteiger partial charge in [0.1, 0.15) is 23.7 Å². The third-order valence-corrected chi connectivity index (χ3v) is 6.19. The van der Waals surface area contributed by atoms with Crippen LogP contribution >= 0.6 is 0 Å². The highest BCUT2D eigenvalue weighted by molar-refractivity contribution is 5.79. The van der Waals surface area contributed by atoms with Crippen LogP contribution in [0.4, 0.5) is 0 Å². The second-order valence-electron chi connectivity index (χ2n) is 8.75. The van der Waals surface area contributed by atoms with E-state index in [0.717, 1.165) is 37.5 Å². The van der Waals surface area contributed by atoms with Gasteiger partial charge in [0.15, 0.2) is 0 Å². The van der Waals surface area contributed by atoms with E-state index in [1.54, 1.807) is 12.3 Å². The Morgan fingerprint density at radius 1 is 1.03 bits per heavy atom. The molecule has 0 bridgehead atoms. The molecule has 7 nitrogen and oxygen atoms in total. The number of fused-ring (bicyclic) bond motifs is 1. The lowest BCUT2D eigenvalue weighted by Gasteiger charge is -2.11. The van der Waals surface area contributed by atoms with E-state index in [1.165, 1.54) is 17.5 Å². The SMILES string of the molecule is O=c1[nH]c(COc2ccc(Cc3ccccc3)cc2)nc2c(CNC[C@H]3CCNC3)nccc12. The lowest BCUT2D eigenvalue weighted by molar-refractivity contribution is 0.296. The van der Waals surface area contributed by atoms with Crippen LogP contribution in [0.5, 0.6) is 5.75 Å². The summed E-state index contributed by atoms with van der Waals surface area (Å²) >= 11 is 0. The first-order valence-electron chi connectivity index (χ1n) is 11.8. The fourth-order valence-electron chi connectivity index (χ4n) is 4.33. The Kier molecular flexibility index (Phi) is 6.93. The standard InChI is InChI=1S/C27H29N5O2/c33-27-23-11-13-30-24(17-29-16-21-10-12-28-15-21)26(23)31-25(32-27)18-34-22-8-6-20(7-9-22)14-19-4-2-1-3-5-19/h1-9,11,13,21,28-29H,10,12,14-18H2,(H,31,32,33)/t21-/m0/s1. The first-order valence-corrected chi connectivity index (χ1v) is 11.8. The summed E-state index contributed by atoms with van der Waals surface area (Å²) in [5, 5.41) is 7.39. The summed E-state index contributed by atoms with van der Waals surface area (Å²) in [6.45, 7) is 3.80. The Morgan fingerprint density at radius 3 is 2.65 bits per heavy atom. The van der Waals surface area contributed by atoms with E-state index in [1.807, 2.05) is 30.3 Å². The summed E-state index contributed by atoms with van der Waals surface area (Å²) in [5.74, 6) is 1.85. The third kappa shape index (κ3) is 5.50. The number of ether oxygens (including phenoxy) is 1. The third-order valence-electron chi connectivity index (χ3n) is 6.19. The molecule has 0 saturated carbocycles. The van der Waals surface area contributed by atoms with Crippen LogP contribution in [-0.4, -0.2) is 34.6 Å². The van der Waals surface area contributed by atoms with Crippen molar-refractivity contribution >= 4 is 10.9 Å². The van der Waals surface area contributed by atoms with Crippen LogP contribution in [0.15, 0.2) is 71.7 Å². The zero-order valence-electron chi connectivity index (χ0n) is 19.1. The average molecular weight is 456 g/mol. The van der Waals surface area contributed by atoms with E-state index >= 15 is 0 Å². The molecule has 0 unspecified atom stereocenters. The Labute approximate surface area is 198 Å². The number of benzene rings is 2. The fraction of sp³-hybridized carbons (Fsp3) is 0.296. The normalized spacial score (nSPS) is 15.6. The lowest BCUT2D eigenvalue weighted by atomic mass is 10.1. The molecule has 4 aromatic rings. The molecule has 0 spiro atoms. The lowest BCUT2D eigenvalue weighted by Crippen LogP contribution is -2.25. The molecule has 2 aromatic heterocycles. The monoisotopic (exact) mass is 455 g/mol. The van der Waals surface area contributed by atoms with Crippen molar-refractivity contribution in [3.63, 3.8) is 0 Å². The molecule has 0 radical (unpaired) electrons. The van der Waals surface area contributed by atoms with Gasteiger partial charge in [-0.15, -0.1) is 0 Å². The highest BCUT2D eigenvalue weighted by Crippen LogP contribution is 2.17. The average Bonchev–Trinajstić information content (AvgIpc) is 3.38. The topological polar surface area (TPSA) is 91.9 Å². The van der Waals surface area contributed by atoms with Gasteiger partial charge in [-0.1, -0.05) is 42.5 Å². The minimum atomic E-state index is -0.176. The van der Waals surface area contributed by atoms with Crippen molar-refractivity contribution in [2.24, 2.45) is 5.92 Å². The van der Waals surface area contributed by atoms with Gasteiger partial charge >= 0.3 is 0 Å². The number of aromatic nitrogens is 3. The highest BCUT2D eigenvalue weighted by Gasteiger charge is 2.15. The first-order chi connectivity index (χ1) is 16.7. The fourth-order valence-corrected chi connectivity index (χ4v) is 4.33. The number of pyridine rings is 1.